The molecule has 0 amide bonds. The SMILES string of the molecule is Cc1c(Cl)nn2cc(Cl)nc2c1C. The molecule has 0 saturated carbocycles. The maximum Gasteiger partial charge on any atom is 0.158 e. The summed E-state index contributed by atoms with van der Waals surface area (Å²) in [5, 5.41) is 5.01. The van der Waals surface area contributed by atoms with Gasteiger partial charge in [0.1, 0.15) is 5.15 Å². The molecule has 0 fully saturated rings. The molecule has 0 N–H and O–H groups in total. The maximum absolute atomic E-state index is 5.90. The van der Waals surface area contributed by atoms with Crippen LogP contribution in [0.4, 0.5) is 0 Å². The third-order valence-corrected chi connectivity index (χ3v) is 2.60. The first kappa shape index (κ1) is 8.78. The Hall–Kier alpha value is -0.800. The highest BCUT2D eigenvalue weighted by Gasteiger charge is 2.09. The molecule has 5 heteroatoms. The van der Waals surface area contributed by atoms with Crippen molar-refractivity contribution in [3.8, 4) is 0 Å². The smallest absolute Gasteiger partial charge is 0.158 e. The minimum atomic E-state index is 0.428. The van der Waals surface area contributed by atoms with Crippen LogP contribution in [0.5, 0.6) is 0 Å². The first-order valence-corrected chi connectivity index (χ1v) is 4.53. The van der Waals surface area contributed by atoms with Crippen molar-refractivity contribution in [1.82, 2.24) is 14.6 Å². The van der Waals surface area contributed by atoms with Crippen LogP contribution in [0, 0.1) is 13.8 Å². The summed E-state index contributed by atoms with van der Waals surface area (Å²) < 4.78 is 1.59. The van der Waals surface area contributed by atoms with Crippen LogP contribution in [0.25, 0.3) is 5.65 Å². The van der Waals surface area contributed by atoms with Crippen LogP contribution in [0.2, 0.25) is 10.3 Å². The summed E-state index contributed by atoms with van der Waals surface area (Å²) >= 11 is 11.6. The van der Waals surface area contributed by atoms with E-state index in [1.54, 1.807) is 10.7 Å². The summed E-state index contributed by atoms with van der Waals surface area (Å²) in [6, 6.07) is 0. The van der Waals surface area contributed by atoms with Crippen molar-refractivity contribution in [3.63, 3.8) is 0 Å². The summed E-state index contributed by atoms with van der Waals surface area (Å²) in [6.45, 7) is 3.86. The quantitative estimate of drug-likeness (QED) is 0.677. The first-order valence-electron chi connectivity index (χ1n) is 3.77. The second kappa shape index (κ2) is 2.86. The molecule has 0 spiro atoms. The lowest BCUT2D eigenvalue weighted by Crippen LogP contribution is -1.97. The van der Waals surface area contributed by atoms with E-state index in [1.807, 2.05) is 13.8 Å². The zero-order valence-electron chi connectivity index (χ0n) is 7.17. The van der Waals surface area contributed by atoms with Crippen LogP contribution in [-0.4, -0.2) is 14.6 Å². The monoisotopic (exact) mass is 215 g/mol. The number of nitrogens with zero attached hydrogens (tertiary/aromatic N) is 3. The van der Waals surface area contributed by atoms with E-state index in [9.17, 15) is 0 Å². The minimum absolute atomic E-state index is 0.428. The molecule has 0 bridgehead atoms. The number of hydrogen-bond acceptors (Lipinski definition) is 2. The fourth-order valence-corrected chi connectivity index (χ4v) is 1.56. The molecular formula is C8H7Cl2N3. The molecule has 0 saturated heterocycles. The van der Waals surface area contributed by atoms with Crippen molar-refractivity contribution < 1.29 is 0 Å². The number of aromatic nitrogens is 3. The minimum Gasteiger partial charge on any atom is -0.218 e. The molecule has 68 valence electrons. The summed E-state index contributed by atoms with van der Waals surface area (Å²) in [4.78, 5) is 4.12. The number of fused-ring (bicyclic) bond motifs is 1. The highest BCUT2D eigenvalue weighted by molar-refractivity contribution is 6.30. The second-order valence-electron chi connectivity index (χ2n) is 2.87. The molecule has 0 aliphatic heterocycles. The molecule has 0 atom stereocenters. The average Bonchev–Trinajstić information content (AvgIpc) is 2.42. The third kappa shape index (κ3) is 1.28. The number of aryl methyl sites for hydroxylation is 1. The van der Waals surface area contributed by atoms with Crippen molar-refractivity contribution in [3.05, 3.63) is 27.6 Å². The number of halogens is 2. The van der Waals surface area contributed by atoms with Crippen LogP contribution in [-0.2, 0) is 0 Å². The van der Waals surface area contributed by atoms with Gasteiger partial charge in [-0.15, -0.1) is 0 Å². The molecule has 0 unspecified atom stereocenters. The standard InChI is InChI=1S/C8H7Cl2N3/c1-4-5(2)8-11-6(9)3-13(8)12-7(4)10/h3H,1-2H3. The van der Waals surface area contributed by atoms with Gasteiger partial charge in [0.25, 0.3) is 0 Å². The van der Waals surface area contributed by atoms with Gasteiger partial charge in [-0.2, -0.15) is 5.10 Å². The van der Waals surface area contributed by atoms with Gasteiger partial charge in [0, 0.05) is 0 Å². The van der Waals surface area contributed by atoms with Crippen LogP contribution >= 0.6 is 23.2 Å². The molecule has 0 radical (unpaired) electrons. The number of imidazole rings is 1. The predicted octanol–water partition coefficient (Wildman–Crippen LogP) is 2.65. The van der Waals surface area contributed by atoms with Crippen LogP contribution in [0.15, 0.2) is 6.20 Å². The lowest BCUT2D eigenvalue weighted by Gasteiger charge is -2.02. The summed E-state index contributed by atoms with van der Waals surface area (Å²) in [5.41, 5.74) is 2.70. The van der Waals surface area contributed by atoms with Crippen LogP contribution in [0.3, 0.4) is 0 Å². The zero-order chi connectivity index (χ0) is 9.59. The largest absolute Gasteiger partial charge is 0.218 e. The predicted molar refractivity (Wildman–Crippen MR) is 52.5 cm³/mol. The van der Waals surface area contributed by atoms with Crippen molar-refractivity contribution in [1.29, 1.82) is 0 Å². The molecular weight excluding hydrogens is 209 g/mol. The Bertz CT molecular complexity index is 476. The summed E-state index contributed by atoms with van der Waals surface area (Å²) in [6.07, 6.45) is 1.63. The van der Waals surface area contributed by atoms with E-state index in [0.717, 1.165) is 16.8 Å². The Kier molecular flexibility index (Phi) is 1.93. The number of rotatable bonds is 0. The van der Waals surface area contributed by atoms with Gasteiger partial charge in [0.15, 0.2) is 10.8 Å². The van der Waals surface area contributed by atoms with Crippen LogP contribution < -0.4 is 0 Å². The van der Waals surface area contributed by atoms with Crippen molar-refractivity contribution in [2.45, 2.75) is 13.8 Å². The third-order valence-electron chi connectivity index (χ3n) is 2.06. The molecule has 2 heterocycles. The van der Waals surface area contributed by atoms with Crippen LogP contribution in [0.1, 0.15) is 11.1 Å². The van der Waals surface area contributed by atoms with Gasteiger partial charge in [0.2, 0.25) is 0 Å². The van der Waals surface area contributed by atoms with Gasteiger partial charge in [-0.05, 0) is 25.0 Å². The van der Waals surface area contributed by atoms with E-state index in [4.69, 9.17) is 23.2 Å². The van der Waals surface area contributed by atoms with Crippen molar-refractivity contribution in [2.24, 2.45) is 0 Å². The first-order chi connectivity index (χ1) is 6.09. The molecule has 3 nitrogen and oxygen atoms in total. The molecule has 0 aliphatic rings. The zero-order valence-corrected chi connectivity index (χ0v) is 8.69. The maximum atomic E-state index is 5.90. The van der Waals surface area contributed by atoms with Gasteiger partial charge in [-0.25, -0.2) is 9.50 Å². The fourth-order valence-electron chi connectivity index (χ4n) is 1.17. The Labute approximate surface area is 85.3 Å². The van der Waals surface area contributed by atoms with E-state index in [1.165, 1.54) is 0 Å². The molecule has 2 aromatic heterocycles. The van der Waals surface area contributed by atoms with Crippen molar-refractivity contribution >= 4 is 28.8 Å². The Morgan fingerprint density at radius 3 is 2.62 bits per heavy atom. The molecule has 0 aliphatic carbocycles. The summed E-state index contributed by atoms with van der Waals surface area (Å²) in [5.74, 6) is 0. The van der Waals surface area contributed by atoms with E-state index < -0.39 is 0 Å². The van der Waals surface area contributed by atoms with Gasteiger partial charge in [-0.3, -0.25) is 0 Å². The highest BCUT2D eigenvalue weighted by Crippen LogP contribution is 2.20. The fraction of sp³-hybridized carbons (Fsp3) is 0.250. The average molecular weight is 216 g/mol. The Morgan fingerprint density at radius 1 is 1.23 bits per heavy atom. The second-order valence-corrected chi connectivity index (χ2v) is 3.62. The Balaban J connectivity index is 2.92. The molecule has 2 aromatic rings. The van der Waals surface area contributed by atoms with Crippen molar-refractivity contribution in [2.75, 3.05) is 0 Å². The molecule has 2 rings (SSSR count). The number of hydrogen-bond donors (Lipinski definition) is 0. The normalized spacial score (nSPS) is 11.1. The topological polar surface area (TPSA) is 30.2 Å². The van der Waals surface area contributed by atoms with Gasteiger partial charge >= 0.3 is 0 Å². The Morgan fingerprint density at radius 2 is 1.92 bits per heavy atom. The molecule has 13 heavy (non-hydrogen) atoms. The lowest BCUT2D eigenvalue weighted by atomic mass is 10.2. The van der Waals surface area contributed by atoms with E-state index in [2.05, 4.69) is 10.1 Å². The van der Waals surface area contributed by atoms with E-state index in [0.29, 0.717) is 10.3 Å². The van der Waals surface area contributed by atoms with Gasteiger partial charge < -0.3 is 0 Å². The van der Waals surface area contributed by atoms with Gasteiger partial charge in [0.05, 0.1) is 6.20 Å². The molecule has 0 aromatic carbocycles. The lowest BCUT2D eigenvalue weighted by molar-refractivity contribution is 0.917. The highest BCUT2D eigenvalue weighted by atomic mass is 35.5. The van der Waals surface area contributed by atoms with E-state index >= 15 is 0 Å². The van der Waals surface area contributed by atoms with Gasteiger partial charge in [-0.1, -0.05) is 23.2 Å². The summed E-state index contributed by atoms with van der Waals surface area (Å²) in [7, 11) is 0. The van der Waals surface area contributed by atoms with E-state index in [-0.39, 0.29) is 0 Å².